The van der Waals surface area contributed by atoms with Crippen LogP contribution in [0.3, 0.4) is 0 Å². The van der Waals surface area contributed by atoms with Gasteiger partial charge in [-0.05, 0) is 17.7 Å². The lowest BCUT2D eigenvalue weighted by molar-refractivity contribution is 0.310. The fraction of sp³-hybridized carbons (Fsp3) is 0.0526. The summed E-state index contributed by atoms with van der Waals surface area (Å²) in [5.41, 5.74) is 8.70. The first-order valence-corrected chi connectivity index (χ1v) is 7.42. The zero-order chi connectivity index (χ0) is 15.6. The van der Waals surface area contributed by atoms with Crippen LogP contribution in [0.5, 0.6) is 5.75 Å². The van der Waals surface area contributed by atoms with Gasteiger partial charge in [0, 0.05) is 11.6 Å². The smallest absolute Gasteiger partial charge is 0.150 e. The van der Waals surface area contributed by atoms with Crippen LogP contribution in [0.2, 0.25) is 0 Å². The van der Waals surface area contributed by atoms with E-state index in [0.29, 0.717) is 17.9 Å². The van der Waals surface area contributed by atoms with E-state index in [9.17, 15) is 0 Å². The van der Waals surface area contributed by atoms with Crippen LogP contribution in [0.25, 0.3) is 21.8 Å². The maximum atomic E-state index is 6.07. The highest BCUT2D eigenvalue weighted by atomic mass is 16.5. The minimum absolute atomic E-state index is 0.420. The van der Waals surface area contributed by atoms with Crippen LogP contribution < -0.4 is 10.5 Å². The molecular weight excluding hydrogens is 286 g/mol. The van der Waals surface area contributed by atoms with E-state index in [4.69, 9.17) is 10.5 Å². The first kappa shape index (κ1) is 13.5. The van der Waals surface area contributed by atoms with Gasteiger partial charge in [0.2, 0.25) is 0 Å². The van der Waals surface area contributed by atoms with Crippen molar-refractivity contribution in [2.45, 2.75) is 6.61 Å². The third-order valence-electron chi connectivity index (χ3n) is 3.81. The Labute approximate surface area is 133 Å². The molecule has 0 aliphatic rings. The molecule has 0 amide bonds. The fourth-order valence-electron chi connectivity index (χ4n) is 2.72. The van der Waals surface area contributed by atoms with Crippen LogP contribution in [0.15, 0.2) is 66.9 Å². The van der Waals surface area contributed by atoms with Gasteiger partial charge in [0.1, 0.15) is 17.9 Å². The van der Waals surface area contributed by atoms with Gasteiger partial charge in [-0.3, -0.25) is 4.98 Å². The van der Waals surface area contributed by atoms with Gasteiger partial charge in [0.05, 0.1) is 10.9 Å². The number of aromatic nitrogens is 2. The van der Waals surface area contributed by atoms with Crippen molar-refractivity contribution in [1.29, 1.82) is 0 Å². The van der Waals surface area contributed by atoms with Gasteiger partial charge in [0.25, 0.3) is 0 Å². The van der Waals surface area contributed by atoms with E-state index < -0.39 is 0 Å². The molecule has 0 atom stereocenters. The topological polar surface area (TPSA) is 61.0 Å². The molecule has 0 aliphatic heterocycles. The second kappa shape index (κ2) is 5.57. The molecule has 0 saturated carbocycles. The Kier molecular flexibility index (Phi) is 3.27. The second-order valence-corrected chi connectivity index (χ2v) is 5.32. The zero-order valence-corrected chi connectivity index (χ0v) is 12.4. The van der Waals surface area contributed by atoms with Gasteiger partial charge < -0.3 is 10.5 Å². The molecule has 0 aliphatic carbocycles. The lowest BCUT2D eigenvalue weighted by Crippen LogP contribution is -1.99. The van der Waals surface area contributed by atoms with Crippen LogP contribution in [-0.2, 0) is 6.61 Å². The van der Waals surface area contributed by atoms with Gasteiger partial charge in [-0.1, -0.05) is 48.5 Å². The Balaban J connectivity index is 1.86. The summed E-state index contributed by atoms with van der Waals surface area (Å²) in [6.45, 7) is 0.497. The van der Waals surface area contributed by atoms with E-state index in [1.54, 1.807) is 6.20 Å². The highest BCUT2D eigenvalue weighted by Crippen LogP contribution is 2.33. The molecule has 0 spiro atoms. The third kappa shape index (κ3) is 2.44. The number of nitrogens with two attached hydrogens (primary N) is 1. The van der Waals surface area contributed by atoms with Gasteiger partial charge in [-0.15, -0.1) is 0 Å². The minimum atomic E-state index is 0.420. The summed E-state index contributed by atoms with van der Waals surface area (Å²) in [4.78, 5) is 8.80. The number of nitrogens with zero attached hydrogens (tertiary/aromatic N) is 2. The molecular formula is C19H15N3O. The normalized spacial score (nSPS) is 11.0. The van der Waals surface area contributed by atoms with Crippen LogP contribution in [0.1, 0.15) is 5.56 Å². The Bertz CT molecular complexity index is 984. The first-order chi connectivity index (χ1) is 11.3. The number of benzene rings is 2. The zero-order valence-electron chi connectivity index (χ0n) is 12.4. The van der Waals surface area contributed by atoms with Crippen molar-refractivity contribution in [3.05, 3.63) is 72.4 Å². The van der Waals surface area contributed by atoms with Gasteiger partial charge in [-0.2, -0.15) is 0 Å². The third-order valence-corrected chi connectivity index (χ3v) is 3.81. The predicted molar refractivity (Wildman–Crippen MR) is 92.2 cm³/mol. The fourth-order valence-corrected chi connectivity index (χ4v) is 2.72. The molecule has 0 fully saturated rings. The Hall–Kier alpha value is -3.14. The number of pyridine rings is 2. The number of para-hydroxylation sites is 1. The van der Waals surface area contributed by atoms with Crippen LogP contribution in [0.4, 0.5) is 5.82 Å². The number of ether oxygens (including phenoxy) is 1. The number of rotatable bonds is 3. The van der Waals surface area contributed by atoms with Crippen molar-refractivity contribution < 1.29 is 4.74 Å². The number of hydrogen-bond donors (Lipinski definition) is 1. The molecule has 2 aromatic carbocycles. The van der Waals surface area contributed by atoms with Crippen LogP contribution in [0, 0.1) is 0 Å². The van der Waals surface area contributed by atoms with Crippen LogP contribution in [-0.4, -0.2) is 9.97 Å². The first-order valence-electron chi connectivity index (χ1n) is 7.42. The molecule has 4 rings (SSSR count). The summed E-state index contributed by atoms with van der Waals surface area (Å²) >= 11 is 0. The molecule has 4 aromatic rings. The summed E-state index contributed by atoms with van der Waals surface area (Å²) in [7, 11) is 0. The largest absolute Gasteiger partial charge is 0.488 e. The summed E-state index contributed by atoms with van der Waals surface area (Å²) in [6, 6.07) is 19.8. The van der Waals surface area contributed by atoms with Crippen molar-refractivity contribution in [2.24, 2.45) is 0 Å². The van der Waals surface area contributed by atoms with Crippen LogP contribution >= 0.6 is 0 Å². The molecule has 0 saturated heterocycles. The second-order valence-electron chi connectivity index (χ2n) is 5.32. The average molecular weight is 301 g/mol. The SMILES string of the molecule is Nc1nc2ccccc2c2c(OCc3ccccc3)ccnc12. The molecule has 4 nitrogen and oxygen atoms in total. The van der Waals surface area contributed by atoms with Crippen molar-refractivity contribution in [3.63, 3.8) is 0 Å². The number of hydrogen-bond acceptors (Lipinski definition) is 4. The lowest BCUT2D eigenvalue weighted by Gasteiger charge is -2.12. The van der Waals surface area contributed by atoms with Crippen molar-refractivity contribution in [2.75, 3.05) is 5.73 Å². The lowest BCUT2D eigenvalue weighted by atomic mass is 10.1. The Morgan fingerprint density at radius 1 is 0.913 bits per heavy atom. The van der Waals surface area contributed by atoms with Crippen molar-refractivity contribution in [1.82, 2.24) is 9.97 Å². The molecule has 0 bridgehead atoms. The Morgan fingerprint density at radius 3 is 2.57 bits per heavy atom. The molecule has 0 unspecified atom stereocenters. The van der Waals surface area contributed by atoms with E-state index in [2.05, 4.69) is 9.97 Å². The van der Waals surface area contributed by atoms with Gasteiger partial charge in [-0.25, -0.2) is 4.98 Å². The van der Waals surface area contributed by atoms with E-state index >= 15 is 0 Å². The van der Waals surface area contributed by atoms with Gasteiger partial charge in [0.15, 0.2) is 5.82 Å². The predicted octanol–water partition coefficient (Wildman–Crippen LogP) is 3.94. The van der Waals surface area contributed by atoms with E-state index in [1.807, 2.05) is 60.7 Å². The van der Waals surface area contributed by atoms with Gasteiger partial charge >= 0.3 is 0 Å². The standard InChI is InChI=1S/C19H15N3O/c20-19-18-17(14-8-4-5-9-15(14)22-19)16(10-11-21-18)23-12-13-6-2-1-3-7-13/h1-11H,12H2,(H2,20,22). The quantitative estimate of drug-likeness (QED) is 0.582. The Morgan fingerprint density at radius 2 is 1.70 bits per heavy atom. The number of nitrogen functional groups attached to an aromatic ring is 1. The highest BCUT2D eigenvalue weighted by Gasteiger charge is 2.12. The molecule has 23 heavy (non-hydrogen) atoms. The highest BCUT2D eigenvalue weighted by molar-refractivity contribution is 6.10. The summed E-state index contributed by atoms with van der Waals surface area (Å²) < 4.78 is 6.05. The summed E-state index contributed by atoms with van der Waals surface area (Å²) in [5, 5.41) is 1.90. The van der Waals surface area contributed by atoms with E-state index in [-0.39, 0.29) is 0 Å². The number of fused-ring (bicyclic) bond motifs is 3. The van der Waals surface area contributed by atoms with E-state index in [1.165, 1.54) is 0 Å². The molecule has 112 valence electrons. The summed E-state index contributed by atoms with van der Waals surface area (Å²) in [6.07, 6.45) is 1.70. The van der Waals surface area contributed by atoms with Crippen molar-refractivity contribution in [3.8, 4) is 5.75 Å². The molecule has 0 radical (unpaired) electrons. The molecule has 2 aromatic heterocycles. The van der Waals surface area contributed by atoms with E-state index in [0.717, 1.165) is 27.6 Å². The molecule has 2 N–H and O–H groups in total. The monoisotopic (exact) mass is 301 g/mol. The molecule has 4 heteroatoms. The molecule has 2 heterocycles. The maximum absolute atomic E-state index is 6.07. The average Bonchev–Trinajstić information content (AvgIpc) is 2.61. The number of anilines is 1. The minimum Gasteiger partial charge on any atom is -0.488 e. The summed E-state index contributed by atoms with van der Waals surface area (Å²) in [5.74, 6) is 1.19. The van der Waals surface area contributed by atoms with Crippen molar-refractivity contribution >= 4 is 27.6 Å². The maximum Gasteiger partial charge on any atom is 0.150 e.